The van der Waals surface area contributed by atoms with E-state index in [2.05, 4.69) is 10.4 Å². The van der Waals surface area contributed by atoms with Crippen LogP contribution in [-0.2, 0) is 6.54 Å². The highest BCUT2D eigenvalue weighted by Gasteiger charge is 2.13. The number of nitrogens with zero attached hydrogens (tertiary/aromatic N) is 2. The smallest absolute Gasteiger partial charge is 0.271 e. The third kappa shape index (κ3) is 4.73. The van der Waals surface area contributed by atoms with Crippen LogP contribution in [0, 0.1) is 5.82 Å². The molecule has 0 spiro atoms. The number of hydrogen-bond donors (Lipinski definition) is 2. The number of aliphatic hydroxyl groups is 1. The van der Waals surface area contributed by atoms with Crippen molar-refractivity contribution >= 4 is 5.91 Å². The van der Waals surface area contributed by atoms with Crippen molar-refractivity contribution in [3.05, 3.63) is 63.8 Å². The van der Waals surface area contributed by atoms with Crippen molar-refractivity contribution in [1.29, 1.82) is 0 Å². The lowest BCUT2D eigenvalue weighted by Gasteiger charge is -2.12. The minimum atomic E-state index is -0.958. The number of benzene rings is 1. The summed E-state index contributed by atoms with van der Waals surface area (Å²) in [6.07, 6.45) is 0.746. The summed E-state index contributed by atoms with van der Waals surface area (Å²) in [5.41, 5.74) is 0.348. The molecule has 7 heteroatoms. The van der Waals surface area contributed by atoms with Gasteiger partial charge in [-0.1, -0.05) is 25.5 Å². The van der Waals surface area contributed by atoms with Gasteiger partial charge < -0.3 is 10.4 Å². The zero-order valence-electron chi connectivity index (χ0n) is 13.4. The van der Waals surface area contributed by atoms with Gasteiger partial charge in [-0.25, -0.2) is 9.07 Å². The maximum Gasteiger partial charge on any atom is 0.271 e. The number of aliphatic hydroxyl groups excluding tert-OH is 1. The van der Waals surface area contributed by atoms with Crippen LogP contribution in [0.4, 0.5) is 4.39 Å². The fourth-order valence-electron chi connectivity index (χ4n) is 2.12. The van der Waals surface area contributed by atoms with Gasteiger partial charge in [-0.05, 0) is 30.2 Å². The first-order valence-corrected chi connectivity index (χ1v) is 7.81. The van der Waals surface area contributed by atoms with Crippen LogP contribution in [0.5, 0.6) is 0 Å². The van der Waals surface area contributed by atoms with Crippen LogP contribution in [-0.4, -0.2) is 27.3 Å². The summed E-state index contributed by atoms with van der Waals surface area (Å²) in [7, 11) is 0. The molecule has 0 fully saturated rings. The van der Waals surface area contributed by atoms with Gasteiger partial charge in [0.15, 0.2) is 0 Å². The second-order valence-electron chi connectivity index (χ2n) is 5.41. The van der Waals surface area contributed by atoms with Crippen LogP contribution in [0.3, 0.4) is 0 Å². The van der Waals surface area contributed by atoms with Crippen molar-refractivity contribution in [3.63, 3.8) is 0 Å². The first-order chi connectivity index (χ1) is 11.5. The Bertz CT molecular complexity index is 743. The van der Waals surface area contributed by atoms with Crippen LogP contribution in [0.25, 0.3) is 0 Å². The molecular formula is C17H20FN3O3. The Kier molecular flexibility index (Phi) is 6.20. The zero-order valence-corrected chi connectivity index (χ0v) is 13.4. The van der Waals surface area contributed by atoms with E-state index in [1.807, 2.05) is 6.92 Å². The predicted molar refractivity (Wildman–Crippen MR) is 87.1 cm³/mol. The minimum Gasteiger partial charge on any atom is -0.387 e. The summed E-state index contributed by atoms with van der Waals surface area (Å²) < 4.78 is 14.1. The van der Waals surface area contributed by atoms with Crippen LogP contribution in [0.2, 0.25) is 0 Å². The number of amides is 1. The fourth-order valence-corrected chi connectivity index (χ4v) is 2.12. The number of nitrogens with one attached hydrogen (secondary N) is 1. The van der Waals surface area contributed by atoms with Gasteiger partial charge in [-0.3, -0.25) is 9.59 Å². The lowest BCUT2D eigenvalue weighted by atomic mass is 10.1. The second-order valence-corrected chi connectivity index (χ2v) is 5.41. The van der Waals surface area contributed by atoms with Gasteiger partial charge in [0.05, 0.1) is 6.10 Å². The fraction of sp³-hybridized carbons (Fsp3) is 0.353. The number of rotatable bonds is 7. The summed E-state index contributed by atoms with van der Waals surface area (Å²) in [5.74, 6) is -0.880. The van der Waals surface area contributed by atoms with Crippen molar-refractivity contribution in [2.45, 2.75) is 32.4 Å². The lowest BCUT2D eigenvalue weighted by Crippen LogP contribution is -2.32. The van der Waals surface area contributed by atoms with E-state index < -0.39 is 17.8 Å². The lowest BCUT2D eigenvalue weighted by molar-refractivity contribution is 0.0908. The quantitative estimate of drug-likeness (QED) is 0.807. The van der Waals surface area contributed by atoms with E-state index in [-0.39, 0.29) is 17.8 Å². The highest BCUT2D eigenvalue weighted by Crippen LogP contribution is 2.12. The van der Waals surface area contributed by atoms with Crippen molar-refractivity contribution in [3.8, 4) is 0 Å². The monoisotopic (exact) mass is 333 g/mol. The Hall–Kier alpha value is -2.54. The van der Waals surface area contributed by atoms with Crippen LogP contribution < -0.4 is 10.9 Å². The number of halogens is 1. The molecule has 0 bridgehead atoms. The summed E-state index contributed by atoms with van der Waals surface area (Å²) in [6.45, 7) is 2.41. The van der Waals surface area contributed by atoms with Gasteiger partial charge in [-0.15, -0.1) is 0 Å². The molecule has 0 aliphatic heterocycles. The normalized spacial score (nSPS) is 12.0. The molecular weight excluding hydrogens is 313 g/mol. The van der Waals surface area contributed by atoms with E-state index in [1.54, 1.807) is 0 Å². The van der Waals surface area contributed by atoms with Gasteiger partial charge in [0.1, 0.15) is 11.5 Å². The molecule has 6 nitrogen and oxygen atoms in total. The molecule has 0 radical (unpaired) electrons. The molecule has 2 aromatic rings. The molecule has 1 aromatic heterocycles. The van der Waals surface area contributed by atoms with Crippen molar-refractivity contribution in [1.82, 2.24) is 15.1 Å². The Morgan fingerprint density at radius 1 is 1.29 bits per heavy atom. The van der Waals surface area contributed by atoms with Crippen LogP contribution in [0.15, 0.2) is 41.2 Å². The average Bonchev–Trinajstić information content (AvgIpc) is 2.59. The molecule has 128 valence electrons. The molecule has 24 heavy (non-hydrogen) atoms. The molecule has 0 aliphatic rings. The molecule has 0 aliphatic carbocycles. The maximum atomic E-state index is 12.9. The minimum absolute atomic E-state index is 0.0414. The van der Waals surface area contributed by atoms with Crippen molar-refractivity contribution < 1.29 is 14.3 Å². The van der Waals surface area contributed by atoms with Crippen molar-refractivity contribution in [2.75, 3.05) is 6.54 Å². The Balaban J connectivity index is 1.99. The molecule has 2 rings (SSSR count). The van der Waals surface area contributed by atoms with E-state index in [4.69, 9.17) is 0 Å². The Morgan fingerprint density at radius 2 is 2.00 bits per heavy atom. The number of hydrogen-bond acceptors (Lipinski definition) is 4. The summed E-state index contributed by atoms with van der Waals surface area (Å²) in [4.78, 5) is 23.8. The van der Waals surface area contributed by atoms with Crippen molar-refractivity contribution in [2.24, 2.45) is 0 Å². The number of carbonyl (C=O) groups excluding carboxylic acids is 1. The van der Waals surface area contributed by atoms with E-state index in [0.717, 1.165) is 12.8 Å². The molecule has 0 saturated heterocycles. The van der Waals surface area contributed by atoms with Gasteiger partial charge in [0.2, 0.25) is 0 Å². The van der Waals surface area contributed by atoms with Gasteiger partial charge in [-0.2, -0.15) is 5.10 Å². The Labute approximate surface area is 138 Å². The highest BCUT2D eigenvalue weighted by atomic mass is 19.1. The first-order valence-electron chi connectivity index (χ1n) is 7.81. The van der Waals surface area contributed by atoms with Crippen LogP contribution in [0.1, 0.15) is 41.9 Å². The average molecular weight is 333 g/mol. The largest absolute Gasteiger partial charge is 0.387 e. The standard InChI is InChI=1S/C17H20FN3O3/c1-2-3-10-21-16(23)9-8-14(20-21)17(24)19-11-15(22)12-4-6-13(18)7-5-12/h4-9,15,22H,2-3,10-11H2,1H3,(H,19,24). The molecule has 0 saturated carbocycles. The van der Waals surface area contributed by atoms with E-state index >= 15 is 0 Å². The third-order valence-corrected chi connectivity index (χ3v) is 3.53. The second kappa shape index (κ2) is 8.35. The van der Waals surface area contributed by atoms with Gasteiger partial charge >= 0.3 is 0 Å². The topological polar surface area (TPSA) is 84.2 Å². The number of carbonyl (C=O) groups is 1. The zero-order chi connectivity index (χ0) is 17.5. The molecule has 1 unspecified atom stereocenters. The SMILES string of the molecule is CCCCn1nc(C(=O)NCC(O)c2ccc(F)cc2)ccc1=O. The third-order valence-electron chi connectivity index (χ3n) is 3.53. The number of aryl methyl sites for hydroxylation is 1. The summed E-state index contributed by atoms with van der Waals surface area (Å²) in [5, 5.41) is 16.6. The summed E-state index contributed by atoms with van der Waals surface area (Å²) in [6, 6.07) is 8.04. The number of unbranched alkanes of at least 4 members (excludes halogenated alkanes) is 1. The van der Waals surface area contributed by atoms with Gasteiger partial charge in [0, 0.05) is 19.2 Å². The highest BCUT2D eigenvalue weighted by molar-refractivity contribution is 5.92. The first kappa shape index (κ1) is 17.8. The predicted octanol–water partition coefficient (Wildman–Crippen LogP) is 1.65. The molecule has 2 N–H and O–H groups in total. The number of aromatic nitrogens is 2. The Morgan fingerprint density at radius 3 is 2.67 bits per heavy atom. The van der Waals surface area contributed by atoms with Gasteiger partial charge in [0.25, 0.3) is 11.5 Å². The van der Waals surface area contributed by atoms with Crippen LogP contribution >= 0.6 is 0 Å². The molecule has 1 atom stereocenters. The van der Waals surface area contributed by atoms with E-state index in [9.17, 15) is 19.1 Å². The molecule has 1 amide bonds. The molecule has 1 heterocycles. The summed E-state index contributed by atoms with van der Waals surface area (Å²) >= 11 is 0. The van der Waals surface area contributed by atoms with E-state index in [0.29, 0.717) is 12.1 Å². The maximum absolute atomic E-state index is 12.9. The van der Waals surface area contributed by atoms with E-state index in [1.165, 1.54) is 41.1 Å². The molecule has 1 aromatic carbocycles.